The second-order valence-electron chi connectivity index (χ2n) is 7.07. The third-order valence-electron chi connectivity index (χ3n) is 4.88. The Kier molecular flexibility index (Phi) is 6.59. The predicted molar refractivity (Wildman–Crippen MR) is 122 cm³/mol. The fourth-order valence-corrected chi connectivity index (χ4v) is 6.26. The van der Waals surface area contributed by atoms with Crippen molar-refractivity contribution in [1.29, 1.82) is 0 Å². The average molecular weight is 497 g/mol. The highest BCUT2D eigenvalue weighted by Crippen LogP contribution is 2.32. The van der Waals surface area contributed by atoms with Gasteiger partial charge in [0.05, 0.1) is 4.90 Å². The number of hydrogen-bond donors (Lipinski definition) is 1. The Labute approximate surface area is 194 Å². The molecular formula is C20H18Cl2N4O3S2. The fraction of sp³-hybridized carbons (Fsp3) is 0.250. The maximum atomic E-state index is 13.0. The van der Waals surface area contributed by atoms with E-state index in [9.17, 15) is 13.2 Å². The number of anilines is 1. The van der Waals surface area contributed by atoms with Crippen LogP contribution in [-0.2, 0) is 10.0 Å². The Morgan fingerprint density at radius 1 is 1.10 bits per heavy atom. The first-order valence-electron chi connectivity index (χ1n) is 9.49. The van der Waals surface area contributed by atoms with E-state index in [1.54, 1.807) is 36.4 Å². The molecule has 31 heavy (non-hydrogen) atoms. The van der Waals surface area contributed by atoms with Crippen LogP contribution in [0.5, 0.6) is 0 Å². The van der Waals surface area contributed by atoms with Gasteiger partial charge in [0.1, 0.15) is 5.01 Å². The zero-order chi connectivity index (χ0) is 22.0. The molecule has 0 unspecified atom stereocenters. The number of carbonyl (C=O) groups is 1. The SMILES string of the molecule is O=C(Nc1cccc(Cl)c1)c1nnc([C@H]2CCCN(S(=O)(=O)c3cccc(Cl)c3)C2)s1. The molecule has 11 heteroatoms. The molecule has 1 amide bonds. The van der Waals surface area contributed by atoms with Gasteiger partial charge >= 0.3 is 0 Å². The van der Waals surface area contributed by atoms with Gasteiger partial charge in [-0.1, -0.05) is 46.7 Å². The summed E-state index contributed by atoms with van der Waals surface area (Å²) in [5.74, 6) is -0.516. The molecule has 162 valence electrons. The first-order chi connectivity index (χ1) is 14.8. The molecule has 2 aromatic carbocycles. The quantitative estimate of drug-likeness (QED) is 0.554. The van der Waals surface area contributed by atoms with Gasteiger partial charge in [-0.3, -0.25) is 4.79 Å². The van der Waals surface area contributed by atoms with Crippen LogP contribution in [0.2, 0.25) is 10.0 Å². The second-order valence-corrected chi connectivity index (χ2v) is 10.9. The summed E-state index contributed by atoms with van der Waals surface area (Å²) in [4.78, 5) is 12.7. The van der Waals surface area contributed by atoms with E-state index in [1.165, 1.54) is 27.8 Å². The Hall–Kier alpha value is -2.04. The normalized spacial score (nSPS) is 17.4. The van der Waals surface area contributed by atoms with Crippen LogP contribution in [0.15, 0.2) is 53.4 Å². The van der Waals surface area contributed by atoms with Gasteiger partial charge < -0.3 is 5.32 Å². The van der Waals surface area contributed by atoms with Crippen molar-refractivity contribution in [2.24, 2.45) is 0 Å². The number of piperidine rings is 1. The minimum Gasteiger partial charge on any atom is -0.320 e. The summed E-state index contributed by atoms with van der Waals surface area (Å²) in [6.07, 6.45) is 1.46. The van der Waals surface area contributed by atoms with Gasteiger partial charge in [-0.25, -0.2) is 8.42 Å². The van der Waals surface area contributed by atoms with Crippen molar-refractivity contribution in [3.05, 3.63) is 68.6 Å². The van der Waals surface area contributed by atoms with Gasteiger partial charge in [0, 0.05) is 34.7 Å². The molecule has 1 aliphatic rings. The van der Waals surface area contributed by atoms with Crippen molar-refractivity contribution in [3.8, 4) is 0 Å². The largest absolute Gasteiger partial charge is 0.320 e. The number of benzene rings is 2. The molecule has 0 aliphatic carbocycles. The Balaban J connectivity index is 1.48. The molecule has 0 spiro atoms. The molecule has 7 nitrogen and oxygen atoms in total. The Morgan fingerprint density at radius 2 is 1.84 bits per heavy atom. The minimum atomic E-state index is -3.67. The smallest absolute Gasteiger partial charge is 0.286 e. The molecule has 1 N–H and O–H groups in total. The standard InChI is InChI=1S/C20H18Cl2N4O3S2/c21-14-5-1-7-16(10-14)23-18(27)20-25-24-19(30-20)13-4-3-9-26(12-13)31(28,29)17-8-2-6-15(22)11-17/h1-2,5-8,10-11,13H,3-4,9,12H2,(H,23,27)/t13-/m0/s1. The highest BCUT2D eigenvalue weighted by atomic mass is 35.5. The van der Waals surface area contributed by atoms with Crippen molar-refractivity contribution in [2.75, 3.05) is 18.4 Å². The van der Waals surface area contributed by atoms with Crippen LogP contribution in [0.25, 0.3) is 0 Å². The van der Waals surface area contributed by atoms with E-state index in [4.69, 9.17) is 23.2 Å². The van der Waals surface area contributed by atoms with Crippen LogP contribution in [0.4, 0.5) is 5.69 Å². The molecule has 0 saturated carbocycles. The number of halogens is 2. The van der Waals surface area contributed by atoms with Gasteiger partial charge in [-0.2, -0.15) is 4.31 Å². The van der Waals surface area contributed by atoms with Gasteiger partial charge in [-0.05, 0) is 49.2 Å². The molecule has 3 aromatic rings. The molecule has 4 rings (SSSR count). The van der Waals surface area contributed by atoms with Crippen LogP contribution in [-0.4, -0.2) is 41.9 Å². The zero-order valence-electron chi connectivity index (χ0n) is 16.2. The summed E-state index contributed by atoms with van der Waals surface area (Å²) in [6.45, 7) is 0.700. The molecule has 1 atom stereocenters. The summed E-state index contributed by atoms with van der Waals surface area (Å²) in [5.41, 5.74) is 0.561. The number of sulfonamides is 1. The lowest BCUT2D eigenvalue weighted by Gasteiger charge is -2.30. The lowest BCUT2D eigenvalue weighted by molar-refractivity contribution is 0.102. The molecule has 2 heterocycles. The third-order valence-corrected chi connectivity index (χ3v) is 8.30. The fourth-order valence-electron chi connectivity index (χ4n) is 3.38. The number of hydrogen-bond acceptors (Lipinski definition) is 6. The first kappa shape index (κ1) is 22.2. The van der Waals surface area contributed by atoms with Gasteiger partial charge in [-0.15, -0.1) is 10.2 Å². The Morgan fingerprint density at radius 3 is 2.58 bits per heavy atom. The van der Waals surface area contributed by atoms with E-state index in [1.807, 2.05) is 0 Å². The second kappa shape index (κ2) is 9.22. The van der Waals surface area contributed by atoms with E-state index in [0.717, 1.165) is 6.42 Å². The highest BCUT2D eigenvalue weighted by molar-refractivity contribution is 7.89. The van der Waals surface area contributed by atoms with E-state index < -0.39 is 10.0 Å². The maximum Gasteiger partial charge on any atom is 0.286 e. The van der Waals surface area contributed by atoms with Crippen LogP contribution >= 0.6 is 34.5 Å². The topological polar surface area (TPSA) is 92.3 Å². The minimum absolute atomic E-state index is 0.132. The molecule has 1 fully saturated rings. The molecular weight excluding hydrogens is 479 g/mol. The molecule has 1 aliphatic heterocycles. The van der Waals surface area contributed by atoms with Crippen LogP contribution < -0.4 is 5.32 Å². The molecule has 0 radical (unpaired) electrons. The molecule has 0 bridgehead atoms. The van der Waals surface area contributed by atoms with Gasteiger partial charge in [0.2, 0.25) is 15.0 Å². The number of carbonyl (C=O) groups excluding carboxylic acids is 1. The monoisotopic (exact) mass is 496 g/mol. The Bertz CT molecular complexity index is 1220. The first-order valence-corrected chi connectivity index (χ1v) is 12.5. The average Bonchev–Trinajstić information content (AvgIpc) is 3.24. The van der Waals surface area contributed by atoms with Crippen LogP contribution in [0.3, 0.4) is 0 Å². The van der Waals surface area contributed by atoms with Crippen molar-refractivity contribution >= 4 is 56.2 Å². The van der Waals surface area contributed by atoms with Gasteiger partial charge in [0.15, 0.2) is 0 Å². The lowest BCUT2D eigenvalue weighted by Crippen LogP contribution is -2.39. The van der Waals surface area contributed by atoms with E-state index in [-0.39, 0.29) is 28.3 Å². The summed E-state index contributed by atoms with van der Waals surface area (Å²) >= 11 is 13.1. The lowest BCUT2D eigenvalue weighted by atomic mass is 10.0. The number of amides is 1. The zero-order valence-corrected chi connectivity index (χ0v) is 19.3. The molecule has 1 aromatic heterocycles. The van der Waals surface area contributed by atoms with Crippen LogP contribution in [0, 0.1) is 0 Å². The van der Waals surface area contributed by atoms with Crippen molar-refractivity contribution in [2.45, 2.75) is 23.7 Å². The number of nitrogens with zero attached hydrogens (tertiary/aromatic N) is 3. The van der Waals surface area contributed by atoms with Crippen molar-refractivity contribution < 1.29 is 13.2 Å². The van der Waals surface area contributed by atoms with Crippen LogP contribution in [0.1, 0.15) is 33.6 Å². The summed E-state index contributed by atoms with van der Waals surface area (Å²) in [6, 6.07) is 13.1. The van der Waals surface area contributed by atoms with E-state index in [0.29, 0.717) is 33.7 Å². The molecule has 1 saturated heterocycles. The summed E-state index contributed by atoms with van der Waals surface area (Å²) in [5, 5.41) is 12.6. The number of aromatic nitrogens is 2. The van der Waals surface area contributed by atoms with Crippen molar-refractivity contribution in [1.82, 2.24) is 14.5 Å². The maximum absolute atomic E-state index is 13.0. The van der Waals surface area contributed by atoms with Crippen molar-refractivity contribution in [3.63, 3.8) is 0 Å². The van der Waals surface area contributed by atoms with Gasteiger partial charge in [0.25, 0.3) is 5.91 Å². The highest BCUT2D eigenvalue weighted by Gasteiger charge is 2.33. The summed E-state index contributed by atoms with van der Waals surface area (Å²) < 4.78 is 27.5. The van der Waals surface area contributed by atoms with E-state index >= 15 is 0 Å². The predicted octanol–water partition coefficient (Wildman–Crippen LogP) is 4.67. The summed E-state index contributed by atoms with van der Waals surface area (Å²) in [7, 11) is -3.67. The van der Waals surface area contributed by atoms with E-state index in [2.05, 4.69) is 15.5 Å². The number of rotatable bonds is 5. The third kappa shape index (κ3) is 5.07. The number of nitrogens with one attached hydrogen (secondary N) is 1.